The van der Waals surface area contributed by atoms with Gasteiger partial charge in [0.25, 0.3) is 0 Å². The van der Waals surface area contributed by atoms with Gasteiger partial charge in [0.1, 0.15) is 0 Å². The van der Waals surface area contributed by atoms with Crippen LogP contribution >= 0.6 is 11.3 Å². The molecule has 0 radical (unpaired) electrons. The number of nitrogens with zero attached hydrogens (tertiary/aromatic N) is 4. The monoisotopic (exact) mass is 460 g/mol. The molecule has 2 aromatic carbocycles. The van der Waals surface area contributed by atoms with E-state index in [9.17, 15) is 4.79 Å². The van der Waals surface area contributed by atoms with Crippen molar-refractivity contribution in [3.8, 4) is 0 Å². The lowest BCUT2D eigenvalue weighted by Crippen LogP contribution is -2.35. The van der Waals surface area contributed by atoms with E-state index in [1.165, 1.54) is 11.1 Å². The van der Waals surface area contributed by atoms with Gasteiger partial charge in [0, 0.05) is 12.2 Å². The molecular weight excluding hydrogens is 428 g/mol. The van der Waals surface area contributed by atoms with Crippen LogP contribution < -0.4 is 4.90 Å². The number of anilines is 1. The van der Waals surface area contributed by atoms with Crippen LogP contribution in [0.15, 0.2) is 42.5 Å². The van der Waals surface area contributed by atoms with Crippen LogP contribution in [0.1, 0.15) is 53.4 Å². The quantitative estimate of drug-likeness (QED) is 0.333. The molecule has 0 saturated carbocycles. The van der Waals surface area contributed by atoms with Crippen molar-refractivity contribution < 1.29 is 4.79 Å². The van der Waals surface area contributed by atoms with E-state index in [-0.39, 0.29) is 5.91 Å². The Hall–Kier alpha value is -2.99. The first-order valence-corrected chi connectivity index (χ1v) is 12.3. The van der Waals surface area contributed by atoms with Crippen molar-refractivity contribution in [2.24, 2.45) is 0 Å². The average Bonchev–Trinajstić information content (AvgIpc) is 3.32. The number of hydrogen-bond donors (Lipinski definition) is 0. The predicted molar refractivity (Wildman–Crippen MR) is 137 cm³/mol. The fourth-order valence-corrected chi connectivity index (χ4v) is 5.31. The minimum Gasteiger partial charge on any atom is -0.286 e. The highest BCUT2D eigenvalue weighted by atomic mass is 32.1. The molecule has 2 aromatic heterocycles. The van der Waals surface area contributed by atoms with Crippen LogP contribution in [-0.4, -0.2) is 27.2 Å². The summed E-state index contributed by atoms with van der Waals surface area (Å²) in [6.07, 6.45) is 0.357. The Balaban J connectivity index is 1.69. The van der Waals surface area contributed by atoms with Crippen LogP contribution in [0.4, 0.5) is 5.13 Å². The van der Waals surface area contributed by atoms with Gasteiger partial charge in [-0.2, -0.15) is 5.10 Å². The maximum Gasteiger partial charge on any atom is 0.233 e. The zero-order chi connectivity index (χ0) is 23.7. The summed E-state index contributed by atoms with van der Waals surface area (Å²) in [5.41, 5.74) is 7.72. The Bertz CT molecular complexity index is 1300. The van der Waals surface area contributed by atoms with Gasteiger partial charge in [-0.3, -0.25) is 14.4 Å². The Labute approximate surface area is 200 Å². The number of rotatable bonds is 7. The summed E-state index contributed by atoms with van der Waals surface area (Å²) in [5.74, 6) is 0.436. The number of aromatic nitrogens is 3. The topological polar surface area (TPSA) is 51.0 Å². The number of para-hydroxylation sites is 1. The minimum atomic E-state index is 0.0636. The summed E-state index contributed by atoms with van der Waals surface area (Å²) < 4.78 is 3.09. The molecule has 0 bridgehead atoms. The van der Waals surface area contributed by atoms with Crippen LogP contribution in [-0.2, 0) is 17.8 Å². The number of carbonyl (C=O) groups excluding carboxylic acids is 1. The van der Waals surface area contributed by atoms with E-state index in [4.69, 9.17) is 4.98 Å². The lowest BCUT2D eigenvalue weighted by molar-refractivity contribution is -0.118. The van der Waals surface area contributed by atoms with Crippen LogP contribution in [0.25, 0.3) is 10.2 Å². The van der Waals surface area contributed by atoms with Crippen molar-refractivity contribution in [3.63, 3.8) is 0 Å². The third-order valence-corrected chi connectivity index (χ3v) is 7.12. The van der Waals surface area contributed by atoms with E-state index < -0.39 is 0 Å². The molecule has 0 fully saturated rings. The average molecular weight is 461 g/mol. The van der Waals surface area contributed by atoms with Crippen LogP contribution in [0.3, 0.4) is 0 Å². The highest BCUT2D eigenvalue weighted by molar-refractivity contribution is 7.22. The zero-order valence-electron chi connectivity index (χ0n) is 20.3. The molecule has 0 unspecified atom stereocenters. The summed E-state index contributed by atoms with van der Waals surface area (Å²) >= 11 is 1.59. The van der Waals surface area contributed by atoms with Gasteiger partial charge in [-0.05, 0) is 62.4 Å². The molecule has 0 aliphatic carbocycles. The van der Waals surface area contributed by atoms with E-state index >= 15 is 0 Å². The Kier molecular flexibility index (Phi) is 6.66. The first-order valence-electron chi connectivity index (χ1n) is 11.5. The van der Waals surface area contributed by atoms with Crippen molar-refractivity contribution in [2.45, 2.75) is 60.4 Å². The Morgan fingerprint density at radius 3 is 2.55 bits per heavy atom. The molecule has 0 aliphatic rings. The maximum atomic E-state index is 13.6. The van der Waals surface area contributed by atoms with E-state index in [1.807, 2.05) is 16.5 Å². The normalized spacial score (nSPS) is 11.5. The molecule has 0 N–H and O–H groups in total. The molecule has 0 aliphatic heterocycles. The van der Waals surface area contributed by atoms with Crippen LogP contribution in [0, 0.1) is 27.7 Å². The molecule has 4 rings (SSSR count). The lowest BCUT2D eigenvalue weighted by atomic mass is 10.0. The van der Waals surface area contributed by atoms with Crippen LogP contribution in [0.2, 0.25) is 0 Å². The van der Waals surface area contributed by atoms with Gasteiger partial charge in [-0.25, -0.2) is 4.98 Å². The summed E-state index contributed by atoms with van der Waals surface area (Å²) in [6, 6.07) is 14.6. The summed E-state index contributed by atoms with van der Waals surface area (Å²) in [4.78, 5) is 20.4. The van der Waals surface area contributed by atoms with Gasteiger partial charge in [0.2, 0.25) is 5.91 Å². The third kappa shape index (κ3) is 5.01. The number of hydrogen-bond acceptors (Lipinski definition) is 4. The number of amides is 1. The van der Waals surface area contributed by atoms with E-state index in [2.05, 4.69) is 82.2 Å². The highest BCUT2D eigenvalue weighted by Gasteiger charge is 2.22. The van der Waals surface area contributed by atoms with E-state index in [1.54, 1.807) is 11.3 Å². The van der Waals surface area contributed by atoms with Gasteiger partial charge < -0.3 is 0 Å². The maximum absolute atomic E-state index is 13.6. The fourth-order valence-electron chi connectivity index (χ4n) is 4.27. The smallest absolute Gasteiger partial charge is 0.233 e. The molecule has 33 heavy (non-hydrogen) atoms. The molecule has 172 valence electrons. The fraction of sp³-hybridized carbons (Fsp3) is 0.370. The number of aryl methyl sites for hydroxylation is 4. The van der Waals surface area contributed by atoms with Gasteiger partial charge >= 0.3 is 0 Å². The van der Waals surface area contributed by atoms with Crippen molar-refractivity contribution in [1.82, 2.24) is 14.8 Å². The van der Waals surface area contributed by atoms with Gasteiger partial charge in [-0.1, -0.05) is 61.1 Å². The van der Waals surface area contributed by atoms with Gasteiger partial charge in [0.05, 0.1) is 28.9 Å². The molecule has 5 nitrogen and oxygen atoms in total. The number of thiazole rings is 1. The minimum absolute atomic E-state index is 0.0636. The molecule has 1 amide bonds. The van der Waals surface area contributed by atoms with Crippen molar-refractivity contribution >= 4 is 32.6 Å². The second-order valence-corrected chi connectivity index (χ2v) is 10.2. The Morgan fingerprint density at radius 1 is 1.09 bits per heavy atom. The summed E-state index contributed by atoms with van der Waals surface area (Å²) in [7, 11) is 0. The van der Waals surface area contributed by atoms with Crippen molar-refractivity contribution in [1.29, 1.82) is 0 Å². The first-order chi connectivity index (χ1) is 15.7. The SMILES string of the molecule is Cc1ccc(CC(=O)N(CCn2nc(C)cc2C)c2nc3c(C(C)C)cccc3s2)c(C)c1. The number of carbonyl (C=O) groups is 1. The third-order valence-electron chi connectivity index (χ3n) is 6.07. The largest absolute Gasteiger partial charge is 0.286 e. The number of benzene rings is 2. The highest BCUT2D eigenvalue weighted by Crippen LogP contribution is 2.34. The molecule has 0 spiro atoms. The zero-order valence-corrected chi connectivity index (χ0v) is 21.2. The number of fused-ring (bicyclic) bond motifs is 1. The van der Waals surface area contributed by atoms with E-state index in [0.29, 0.717) is 25.4 Å². The molecule has 4 aromatic rings. The standard InChI is InChI=1S/C27H32N4OS/c1-17(2)23-8-7-9-24-26(23)28-27(33-24)30(12-13-31-21(6)15-20(5)29-31)25(32)16-22-11-10-18(3)14-19(22)4/h7-11,14-15,17H,12-13,16H2,1-6H3. The second kappa shape index (κ2) is 9.48. The summed E-state index contributed by atoms with van der Waals surface area (Å²) in [5, 5.41) is 5.34. The predicted octanol–water partition coefficient (Wildman–Crippen LogP) is 6.13. The summed E-state index contributed by atoms with van der Waals surface area (Å²) in [6.45, 7) is 13.7. The van der Waals surface area contributed by atoms with Crippen molar-refractivity contribution in [2.75, 3.05) is 11.4 Å². The lowest BCUT2D eigenvalue weighted by Gasteiger charge is -2.21. The van der Waals surface area contributed by atoms with E-state index in [0.717, 1.165) is 37.9 Å². The van der Waals surface area contributed by atoms with Crippen LogP contribution in [0.5, 0.6) is 0 Å². The first kappa shape index (κ1) is 23.2. The van der Waals surface area contributed by atoms with Gasteiger partial charge in [0.15, 0.2) is 5.13 Å². The molecular formula is C27H32N4OS. The molecule has 6 heteroatoms. The van der Waals surface area contributed by atoms with Crippen molar-refractivity contribution in [3.05, 3.63) is 76.1 Å². The Morgan fingerprint density at radius 2 is 1.88 bits per heavy atom. The molecule has 2 heterocycles. The molecule has 0 saturated heterocycles. The second-order valence-electron chi connectivity index (χ2n) is 9.15. The molecule has 0 atom stereocenters. The van der Waals surface area contributed by atoms with Gasteiger partial charge in [-0.15, -0.1) is 0 Å².